The van der Waals surface area contributed by atoms with E-state index in [0.29, 0.717) is 0 Å². The molecule has 4 aromatic rings. The van der Waals surface area contributed by atoms with Gasteiger partial charge in [0.25, 0.3) is 0 Å². The molecule has 5 rings (SSSR count). The Morgan fingerprint density at radius 3 is 2.14 bits per heavy atom. The van der Waals surface area contributed by atoms with Crippen molar-refractivity contribution in [2.24, 2.45) is 0 Å². The Morgan fingerprint density at radius 2 is 1.27 bits per heavy atom. The molecule has 22 heavy (non-hydrogen) atoms. The number of H-pyrrole nitrogens is 1. The number of hydrogen-bond donors (Lipinski definition) is 1. The van der Waals surface area contributed by atoms with Gasteiger partial charge in [0, 0.05) is 27.6 Å². The van der Waals surface area contributed by atoms with Crippen molar-refractivity contribution >= 4 is 10.9 Å². The van der Waals surface area contributed by atoms with Gasteiger partial charge in [0.2, 0.25) is 0 Å². The third kappa shape index (κ3) is 1.49. The molecule has 104 valence electrons. The Kier molecular flexibility index (Phi) is 2.25. The summed E-state index contributed by atoms with van der Waals surface area (Å²) in [5.41, 5.74) is 5.73. The number of aromatic amines is 1. The molecule has 2 heterocycles. The molecule has 0 radical (unpaired) electrons. The van der Waals surface area contributed by atoms with Crippen LogP contribution in [-0.2, 0) is 0 Å². The SMILES string of the molecule is c1ccc2c(c1)Oc1ccccc1-c1c-2[nH]c2ccccc12. The highest BCUT2D eigenvalue weighted by molar-refractivity contribution is 6.06. The third-order valence-electron chi connectivity index (χ3n) is 4.24. The Hall–Kier alpha value is -3.00. The zero-order valence-electron chi connectivity index (χ0n) is 11.8. The summed E-state index contributed by atoms with van der Waals surface area (Å²) in [4.78, 5) is 3.57. The number of aromatic nitrogens is 1. The van der Waals surface area contributed by atoms with Crippen molar-refractivity contribution in [2.45, 2.75) is 0 Å². The summed E-state index contributed by atoms with van der Waals surface area (Å²) in [5.74, 6) is 1.79. The van der Waals surface area contributed by atoms with Crippen LogP contribution in [-0.4, -0.2) is 4.98 Å². The lowest BCUT2D eigenvalue weighted by atomic mass is 9.98. The van der Waals surface area contributed by atoms with Crippen molar-refractivity contribution in [3.8, 4) is 33.9 Å². The normalized spacial score (nSPS) is 12.0. The second-order valence-corrected chi connectivity index (χ2v) is 5.51. The van der Waals surface area contributed by atoms with Gasteiger partial charge in [-0.25, -0.2) is 0 Å². The summed E-state index contributed by atoms with van der Waals surface area (Å²) >= 11 is 0. The van der Waals surface area contributed by atoms with Gasteiger partial charge in [-0.1, -0.05) is 48.5 Å². The topological polar surface area (TPSA) is 25.0 Å². The molecule has 2 heteroatoms. The van der Waals surface area contributed by atoms with Gasteiger partial charge in [-0.3, -0.25) is 0 Å². The standard InChI is InChI=1S/C20H13NO/c1-4-10-16-13(7-1)19-14-8-2-5-11-17(14)22-18-12-6-3-9-15(18)20(19)21-16/h1-12,21H. The monoisotopic (exact) mass is 283 g/mol. The van der Waals surface area contributed by atoms with Gasteiger partial charge in [-0.2, -0.15) is 0 Å². The molecule has 1 aliphatic heterocycles. The number of fused-ring (bicyclic) bond motifs is 7. The van der Waals surface area contributed by atoms with Crippen LogP contribution in [0.2, 0.25) is 0 Å². The van der Waals surface area contributed by atoms with Crippen LogP contribution in [0.5, 0.6) is 11.5 Å². The van der Waals surface area contributed by atoms with Gasteiger partial charge in [-0.05, 0) is 24.3 Å². The predicted molar refractivity (Wildman–Crippen MR) is 89.2 cm³/mol. The number of para-hydroxylation sites is 3. The average Bonchev–Trinajstić information content (AvgIpc) is 2.89. The Bertz CT molecular complexity index is 1010. The van der Waals surface area contributed by atoms with Crippen LogP contribution in [0.1, 0.15) is 0 Å². The zero-order valence-corrected chi connectivity index (χ0v) is 11.8. The molecule has 2 nitrogen and oxygen atoms in total. The summed E-state index contributed by atoms with van der Waals surface area (Å²) < 4.78 is 6.17. The second kappa shape index (κ2) is 4.25. The fourth-order valence-corrected chi connectivity index (χ4v) is 3.27. The average molecular weight is 283 g/mol. The molecule has 0 saturated carbocycles. The molecule has 0 fully saturated rings. The van der Waals surface area contributed by atoms with Gasteiger partial charge in [0.15, 0.2) is 0 Å². The Labute approximate surface area is 128 Å². The van der Waals surface area contributed by atoms with Gasteiger partial charge >= 0.3 is 0 Å². The van der Waals surface area contributed by atoms with Crippen LogP contribution in [0.15, 0.2) is 72.8 Å². The van der Waals surface area contributed by atoms with E-state index in [9.17, 15) is 0 Å². The highest BCUT2D eigenvalue weighted by Gasteiger charge is 2.23. The molecular weight excluding hydrogens is 270 g/mol. The number of hydrogen-bond acceptors (Lipinski definition) is 1. The van der Waals surface area contributed by atoms with Gasteiger partial charge in [-0.15, -0.1) is 0 Å². The van der Waals surface area contributed by atoms with Crippen LogP contribution in [0, 0.1) is 0 Å². The maximum Gasteiger partial charge on any atom is 0.136 e. The quantitative estimate of drug-likeness (QED) is 0.392. The van der Waals surface area contributed by atoms with Crippen molar-refractivity contribution in [3.05, 3.63) is 72.8 Å². The second-order valence-electron chi connectivity index (χ2n) is 5.51. The minimum Gasteiger partial charge on any atom is -0.456 e. The lowest BCUT2D eigenvalue weighted by Gasteiger charge is -2.08. The first-order chi connectivity index (χ1) is 10.9. The first-order valence-electron chi connectivity index (χ1n) is 7.39. The van der Waals surface area contributed by atoms with Gasteiger partial charge in [0.05, 0.1) is 5.69 Å². The highest BCUT2D eigenvalue weighted by Crippen LogP contribution is 2.48. The predicted octanol–water partition coefficient (Wildman–Crippen LogP) is 5.61. The van der Waals surface area contributed by atoms with Crippen molar-refractivity contribution in [2.75, 3.05) is 0 Å². The van der Waals surface area contributed by atoms with Crippen molar-refractivity contribution in [1.82, 2.24) is 4.98 Å². The lowest BCUT2D eigenvalue weighted by molar-refractivity contribution is 0.487. The first-order valence-corrected chi connectivity index (χ1v) is 7.39. The maximum atomic E-state index is 6.17. The molecule has 0 spiro atoms. The third-order valence-corrected chi connectivity index (χ3v) is 4.24. The van der Waals surface area contributed by atoms with E-state index in [0.717, 1.165) is 33.8 Å². The Balaban J connectivity index is 2.00. The van der Waals surface area contributed by atoms with Crippen LogP contribution >= 0.6 is 0 Å². The summed E-state index contributed by atoms with van der Waals surface area (Å²) in [6, 6.07) is 24.8. The minimum absolute atomic E-state index is 0.889. The minimum atomic E-state index is 0.889. The Morgan fingerprint density at radius 1 is 0.636 bits per heavy atom. The van der Waals surface area contributed by atoms with Crippen LogP contribution in [0.3, 0.4) is 0 Å². The first kappa shape index (κ1) is 11.6. The molecule has 1 aliphatic rings. The van der Waals surface area contributed by atoms with E-state index >= 15 is 0 Å². The van der Waals surface area contributed by atoms with Gasteiger partial charge in [0.1, 0.15) is 11.5 Å². The van der Waals surface area contributed by atoms with Crippen LogP contribution < -0.4 is 4.74 Å². The highest BCUT2D eigenvalue weighted by atomic mass is 16.5. The summed E-state index contributed by atoms with van der Waals surface area (Å²) in [6.07, 6.45) is 0. The molecular formula is C20H13NO. The van der Waals surface area contributed by atoms with Crippen molar-refractivity contribution in [3.63, 3.8) is 0 Å². The van der Waals surface area contributed by atoms with E-state index < -0.39 is 0 Å². The van der Waals surface area contributed by atoms with Crippen LogP contribution in [0.25, 0.3) is 33.3 Å². The fourth-order valence-electron chi connectivity index (χ4n) is 3.27. The fraction of sp³-hybridized carbons (Fsp3) is 0. The van der Waals surface area contributed by atoms with Crippen LogP contribution in [0.4, 0.5) is 0 Å². The molecule has 0 atom stereocenters. The summed E-state index contributed by atoms with van der Waals surface area (Å²) in [5, 5.41) is 1.23. The zero-order chi connectivity index (χ0) is 14.5. The number of benzene rings is 3. The van der Waals surface area contributed by atoms with Gasteiger partial charge < -0.3 is 9.72 Å². The van der Waals surface area contributed by atoms with E-state index in [1.807, 2.05) is 30.3 Å². The number of nitrogens with one attached hydrogen (secondary N) is 1. The molecule has 0 bridgehead atoms. The summed E-state index contributed by atoms with van der Waals surface area (Å²) in [6.45, 7) is 0. The largest absolute Gasteiger partial charge is 0.456 e. The van der Waals surface area contributed by atoms with E-state index in [1.165, 1.54) is 10.9 Å². The molecule has 0 unspecified atom stereocenters. The molecule has 1 N–H and O–H groups in total. The lowest BCUT2D eigenvalue weighted by Crippen LogP contribution is -1.86. The van der Waals surface area contributed by atoms with Crippen molar-refractivity contribution in [1.29, 1.82) is 0 Å². The van der Waals surface area contributed by atoms with E-state index in [2.05, 4.69) is 47.4 Å². The maximum absolute atomic E-state index is 6.17. The van der Waals surface area contributed by atoms with E-state index in [4.69, 9.17) is 4.74 Å². The van der Waals surface area contributed by atoms with E-state index in [1.54, 1.807) is 0 Å². The molecule has 1 aromatic heterocycles. The van der Waals surface area contributed by atoms with E-state index in [-0.39, 0.29) is 0 Å². The molecule has 0 aliphatic carbocycles. The molecule has 3 aromatic carbocycles. The smallest absolute Gasteiger partial charge is 0.136 e. The molecule has 0 amide bonds. The number of ether oxygens (including phenoxy) is 1. The number of rotatable bonds is 0. The van der Waals surface area contributed by atoms with Crippen molar-refractivity contribution < 1.29 is 4.74 Å². The summed E-state index contributed by atoms with van der Waals surface area (Å²) in [7, 11) is 0. The molecule has 0 saturated heterocycles.